The number of benzene rings is 2. The van der Waals surface area contributed by atoms with Gasteiger partial charge >= 0.3 is 6.03 Å². The van der Waals surface area contributed by atoms with Gasteiger partial charge in [0.05, 0.1) is 6.54 Å². The van der Waals surface area contributed by atoms with Crippen molar-refractivity contribution in [1.82, 2.24) is 19.8 Å². The Kier molecular flexibility index (Phi) is 3.98. The fourth-order valence-electron chi connectivity index (χ4n) is 3.24. The summed E-state index contributed by atoms with van der Waals surface area (Å²) in [5.41, 5.74) is 2.40. The molecule has 0 bridgehead atoms. The van der Waals surface area contributed by atoms with Crippen LogP contribution in [0.25, 0.3) is 16.3 Å². The zero-order valence-corrected chi connectivity index (χ0v) is 14.1. The predicted molar refractivity (Wildman–Crippen MR) is 98.9 cm³/mol. The van der Waals surface area contributed by atoms with E-state index in [-0.39, 0.29) is 6.03 Å². The average molecular weight is 332 g/mol. The molecule has 126 valence electrons. The van der Waals surface area contributed by atoms with Crippen LogP contribution in [0.1, 0.15) is 11.4 Å². The van der Waals surface area contributed by atoms with Gasteiger partial charge in [0.25, 0.3) is 0 Å². The summed E-state index contributed by atoms with van der Waals surface area (Å²) in [6.07, 6.45) is 5.75. The first-order valence-corrected chi connectivity index (χ1v) is 8.38. The van der Waals surface area contributed by atoms with Crippen LogP contribution in [0.3, 0.4) is 0 Å². The SMILES string of the molecule is Cn1ccnc1CNC(=O)N1CC=C(c2cccc3ccccc23)C1. The number of nitrogens with zero attached hydrogens (tertiary/aromatic N) is 3. The molecule has 0 radical (unpaired) electrons. The second kappa shape index (κ2) is 6.43. The molecule has 2 aromatic carbocycles. The summed E-state index contributed by atoms with van der Waals surface area (Å²) in [6, 6.07) is 14.6. The Morgan fingerprint density at radius 1 is 1.20 bits per heavy atom. The van der Waals surface area contributed by atoms with Crippen LogP contribution in [0.5, 0.6) is 0 Å². The molecule has 5 heteroatoms. The monoisotopic (exact) mass is 332 g/mol. The van der Waals surface area contributed by atoms with Gasteiger partial charge in [-0.05, 0) is 21.9 Å². The molecule has 4 rings (SSSR count). The molecule has 0 spiro atoms. The number of nitrogens with one attached hydrogen (secondary N) is 1. The Hall–Kier alpha value is -3.08. The fraction of sp³-hybridized carbons (Fsp3) is 0.200. The first kappa shape index (κ1) is 15.4. The Morgan fingerprint density at radius 2 is 2.04 bits per heavy atom. The van der Waals surface area contributed by atoms with Gasteiger partial charge in [0.15, 0.2) is 0 Å². The third kappa shape index (κ3) is 3.01. The summed E-state index contributed by atoms with van der Waals surface area (Å²) in [6.45, 7) is 1.69. The maximum Gasteiger partial charge on any atom is 0.318 e. The number of aromatic nitrogens is 2. The molecule has 1 aromatic heterocycles. The number of carbonyl (C=O) groups is 1. The van der Waals surface area contributed by atoms with Crippen LogP contribution < -0.4 is 5.32 Å². The average Bonchev–Trinajstić information content (AvgIpc) is 3.28. The van der Waals surface area contributed by atoms with Crippen molar-refractivity contribution in [3.05, 3.63) is 72.3 Å². The Morgan fingerprint density at radius 3 is 2.88 bits per heavy atom. The number of hydrogen-bond acceptors (Lipinski definition) is 2. The molecule has 1 N–H and O–H groups in total. The molecule has 0 fully saturated rings. The Bertz CT molecular complexity index is 952. The van der Waals surface area contributed by atoms with Gasteiger partial charge < -0.3 is 14.8 Å². The van der Waals surface area contributed by atoms with Crippen molar-refractivity contribution in [3.8, 4) is 0 Å². The molecule has 0 atom stereocenters. The molecule has 0 unspecified atom stereocenters. The second-order valence-electron chi connectivity index (χ2n) is 6.25. The third-order valence-electron chi connectivity index (χ3n) is 4.66. The quantitative estimate of drug-likeness (QED) is 0.801. The van der Waals surface area contributed by atoms with E-state index in [1.807, 2.05) is 28.8 Å². The van der Waals surface area contributed by atoms with Crippen LogP contribution in [-0.4, -0.2) is 33.6 Å². The summed E-state index contributed by atoms with van der Waals surface area (Å²) in [4.78, 5) is 18.5. The minimum atomic E-state index is -0.0607. The van der Waals surface area contributed by atoms with Gasteiger partial charge in [-0.3, -0.25) is 0 Å². The molecule has 1 aliphatic rings. The number of amides is 2. The van der Waals surface area contributed by atoms with Crippen LogP contribution in [0.4, 0.5) is 4.79 Å². The van der Waals surface area contributed by atoms with Gasteiger partial charge in [0.1, 0.15) is 5.82 Å². The number of aryl methyl sites for hydroxylation is 1. The van der Waals surface area contributed by atoms with E-state index < -0.39 is 0 Å². The van der Waals surface area contributed by atoms with E-state index in [9.17, 15) is 4.79 Å². The van der Waals surface area contributed by atoms with Crippen LogP contribution in [-0.2, 0) is 13.6 Å². The van der Waals surface area contributed by atoms with Crippen LogP contribution >= 0.6 is 0 Å². The summed E-state index contributed by atoms with van der Waals surface area (Å²) in [7, 11) is 1.92. The van der Waals surface area contributed by atoms with Gasteiger partial charge in [-0.15, -0.1) is 0 Å². The van der Waals surface area contributed by atoms with E-state index in [1.54, 1.807) is 6.20 Å². The number of fused-ring (bicyclic) bond motifs is 1. The number of imidazole rings is 1. The fourth-order valence-corrected chi connectivity index (χ4v) is 3.24. The Labute approximate surface area is 146 Å². The smallest absolute Gasteiger partial charge is 0.318 e. The van der Waals surface area contributed by atoms with E-state index in [1.165, 1.54) is 21.9 Å². The lowest BCUT2D eigenvalue weighted by atomic mass is 9.99. The normalized spacial score (nSPS) is 14.0. The minimum Gasteiger partial charge on any atom is -0.337 e. The lowest BCUT2D eigenvalue weighted by Gasteiger charge is -2.18. The van der Waals surface area contributed by atoms with E-state index >= 15 is 0 Å². The molecule has 25 heavy (non-hydrogen) atoms. The largest absolute Gasteiger partial charge is 0.337 e. The number of urea groups is 1. The van der Waals surface area contributed by atoms with Crippen molar-refractivity contribution in [2.45, 2.75) is 6.54 Å². The highest BCUT2D eigenvalue weighted by molar-refractivity contribution is 5.95. The van der Waals surface area contributed by atoms with E-state index in [4.69, 9.17) is 0 Å². The van der Waals surface area contributed by atoms with Crippen molar-refractivity contribution in [1.29, 1.82) is 0 Å². The molecular formula is C20H20N4O. The summed E-state index contributed by atoms with van der Waals surface area (Å²) < 4.78 is 1.91. The zero-order valence-electron chi connectivity index (χ0n) is 14.1. The maximum atomic E-state index is 12.4. The molecular weight excluding hydrogens is 312 g/mol. The molecule has 3 aromatic rings. The van der Waals surface area contributed by atoms with Crippen molar-refractivity contribution >= 4 is 22.4 Å². The number of carbonyl (C=O) groups excluding carboxylic acids is 1. The van der Waals surface area contributed by atoms with Gasteiger partial charge in [0.2, 0.25) is 0 Å². The molecule has 1 aliphatic heterocycles. The summed E-state index contributed by atoms with van der Waals surface area (Å²) in [5, 5.41) is 5.40. The van der Waals surface area contributed by atoms with E-state index in [2.05, 4.69) is 52.8 Å². The van der Waals surface area contributed by atoms with Gasteiger partial charge in [-0.1, -0.05) is 48.5 Å². The van der Waals surface area contributed by atoms with Crippen LogP contribution in [0.15, 0.2) is 60.9 Å². The maximum absolute atomic E-state index is 12.4. The standard InChI is InChI=1S/C20H20N4O/c1-23-12-10-21-19(23)13-22-20(25)24-11-9-16(14-24)18-8-4-6-15-5-2-3-7-17(15)18/h2-10,12H,11,13-14H2,1H3,(H,22,25). The van der Waals surface area contributed by atoms with Crippen LogP contribution in [0.2, 0.25) is 0 Å². The summed E-state index contributed by atoms with van der Waals surface area (Å²) in [5.74, 6) is 0.842. The number of rotatable bonds is 3. The topological polar surface area (TPSA) is 50.2 Å². The zero-order chi connectivity index (χ0) is 17.2. The highest BCUT2D eigenvalue weighted by Gasteiger charge is 2.21. The second-order valence-corrected chi connectivity index (χ2v) is 6.25. The van der Waals surface area contributed by atoms with Crippen molar-refractivity contribution in [3.63, 3.8) is 0 Å². The molecule has 0 saturated heterocycles. The lowest BCUT2D eigenvalue weighted by molar-refractivity contribution is 0.210. The van der Waals surface area contributed by atoms with Crippen LogP contribution in [0, 0.1) is 0 Å². The first-order valence-electron chi connectivity index (χ1n) is 8.38. The van der Waals surface area contributed by atoms with Crippen molar-refractivity contribution in [2.75, 3.05) is 13.1 Å². The van der Waals surface area contributed by atoms with Gasteiger partial charge in [0, 0.05) is 32.5 Å². The highest BCUT2D eigenvalue weighted by atomic mass is 16.2. The predicted octanol–water partition coefficient (Wildman–Crippen LogP) is 3.18. The summed E-state index contributed by atoms with van der Waals surface area (Å²) >= 11 is 0. The highest BCUT2D eigenvalue weighted by Crippen LogP contribution is 2.28. The lowest BCUT2D eigenvalue weighted by Crippen LogP contribution is -2.38. The van der Waals surface area contributed by atoms with Crippen molar-refractivity contribution < 1.29 is 4.79 Å². The molecule has 5 nitrogen and oxygen atoms in total. The van der Waals surface area contributed by atoms with Gasteiger partial charge in [-0.25, -0.2) is 9.78 Å². The first-order chi connectivity index (χ1) is 12.2. The van der Waals surface area contributed by atoms with Gasteiger partial charge in [-0.2, -0.15) is 0 Å². The van der Waals surface area contributed by atoms with E-state index in [0.717, 1.165) is 5.82 Å². The van der Waals surface area contributed by atoms with E-state index in [0.29, 0.717) is 19.6 Å². The van der Waals surface area contributed by atoms with Crippen molar-refractivity contribution in [2.24, 2.45) is 7.05 Å². The minimum absolute atomic E-state index is 0.0607. The number of hydrogen-bond donors (Lipinski definition) is 1. The molecule has 2 amide bonds. The third-order valence-corrected chi connectivity index (χ3v) is 4.66. The molecule has 2 heterocycles. The molecule has 0 aliphatic carbocycles. The molecule has 0 saturated carbocycles. The Balaban J connectivity index is 1.45.